The number of thiazole rings is 1. The summed E-state index contributed by atoms with van der Waals surface area (Å²) in [5, 5.41) is 0. The first kappa shape index (κ1) is 11.1. The van der Waals surface area contributed by atoms with E-state index in [2.05, 4.69) is 35.1 Å². The second-order valence-electron chi connectivity index (χ2n) is 4.08. The van der Waals surface area contributed by atoms with Crippen LogP contribution >= 0.6 is 11.3 Å². The lowest BCUT2D eigenvalue weighted by molar-refractivity contribution is 1.31. The van der Waals surface area contributed by atoms with E-state index >= 15 is 0 Å². The van der Waals surface area contributed by atoms with Gasteiger partial charge in [-0.2, -0.15) is 0 Å². The molecule has 0 amide bonds. The van der Waals surface area contributed by atoms with Gasteiger partial charge in [0.15, 0.2) is 0 Å². The van der Waals surface area contributed by atoms with Crippen molar-refractivity contribution in [1.29, 1.82) is 0 Å². The highest BCUT2D eigenvalue weighted by molar-refractivity contribution is 7.13. The molecule has 0 unspecified atom stereocenters. The van der Waals surface area contributed by atoms with Crippen LogP contribution in [0.5, 0.6) is 0 Å². The Balaban J connectivity index is 2.22. The third-order valence-electron chi connectivity index (χ3n) is 2.91. The molecule has 0 bridgehead atoms. The molecule has 2 aromatic heterocycles. The second kappa shape index (κ2) is 4.70. The second-order valence-corrected chi connectivity index (χ2v) is 4.97. The lowest BCUT2D eigenvalue weighted by Crippen LogP contribution is -1.89. The maximum Gasteiger partial charge on any atom is 0.0797 e. The van der Waals surface area contributed by atoms with Crippen LogP contribution < -0.4 is 0 Å². The number of aryl methyl sites for hydroxylation is 1. The molecule has 3 rings (SSSR count). The molecule has 0 saturated carbocycles. The van der Waals surface area contributed by atoms with Gasteiger partial charge in [-0.15, -0.1) is 11.3 Å². The van der Waals surface area contributed by atoms with Crippen LogP contribution in [0, 0.1) is 6.92 Å². The Morgan fingerprint density at radius 1 is 1.00 bits per heavy atom. The maximum absolute atomic E-state index is 4.54. The molecule has 0 aliphatic carbocycles. The van der Waals surface area contributed by atoms with Crippen LogP contribution in [0.1, 0.15) is 5.56 Å². The van der Waals surface area contributed by atoms with E-state index in [1.807, 2.05) is 36.1 Å². The van der Waals surface area contributed by atoms with Gasteiger partial charge in [-0.3, -0.25) is 9.97 Å². The van der Waals surface area contributed by atoms with Crippen LogP contribution in [0.15, 0.2) is 54.3 Å². The molecule has 18 heavy (non-hydrogen) atoms. The third-order valence-corrected chi connectivity index (χ3v) is 3.71. The van der Waals surface area contributed by atoms with Crippen molar-refractivity contribution in [2.24, 2.45) is 0 Å². The summed E-state index contributed by atoms with van der Waals surface area (Å²) < 4.78 is 0. The first-order valence-electron chi connectivity index (χ1n) is 5.76. The molecule has 3 aromatic rings. The van der Waals surface area contributed by atoms with Crippen LogP contribution in [0.3, 0.4) is 0 Å². The Hall–Kier alpha value is -2.00. The number of pyridine rings is 1. The fraction of sp³-hybridized carbons (Fsp3) is 0.0667. The van der Waals surface area contributed by atoms with Crippen molar-refractivity contribution >= 4 is 11.3 Å². The van der Waals surface area contributed by atoms with Crippen LogP contribution in [0.25, 0.3) is 21.7 Å². The molecule has 2 heterocycles. The Morgan fingerprint density at radius 2 is 1.83 bits per heavy atom. The largest absolute Gasteiger partial charge is 0.256 e. The number of hydrogen-bond acceptors (Lipinski definition) is 3. The van der Waals surface area contributed by atoms with Crippen molar-refractivity contribution in [2.75, 3.05) is 0 Å². The van der Waals surface area contributed by atoms with Gasteiger partial charge in [0.05, 0.1) is 16.1 Å². The van der Waals surface area contributed by atoms with Crippen LogP contribution in [0.4, 0.5) is 0 Å². The van der Waals surface area contributed by atoms with Crippen molar-refractivity contribution in [1.82, 2.24) is 9.97 Å². The summed E-state index contributed by atoms with van der Waals surface area (Å²) in [5.74, 6) is 0. The SMILES string of the molecule is Cc1ccccc1-c1ncccc1-c1cncs1. The molecule has 2 nitrogen and oxygen atoms in total. The fourth-order valence-corrected chi connectivity index (χ4v) is 2.65. The highest BCUT2D eigenvalue weighted by Crippen LogP contribution is 2.33. The van der Waals surface area contributed by atoms with E-state index in [0.717, 1.165) is 16.1 Å². The number of nitrogens with zero attached hydrogens (tertiary/aromatic N) is 2. The van der Waals surface area contributed by atoms with Crippen molar-refractivity contribution in [2.45, 2.75) is 6.92 Å². The molecule has 0 aliphatic heterocycles. The van der Waals surface area contributed by atoms with E-state index in [1.54, 1.807) is 11.3 Å². The van der Waals surface area contributed by atoms with Gasteiger partial charge in [-0.1, -0.05) is 24.3 Å². The Bertz CT molecular complexity index is 660. The van der Waals surface area contributed by atoms with Gasteiger partial charge in [0, 0.05) is 23.5 Å². The molecule has 0 fully saturated rings. The summed E-state index contributed by atoms with van der Waals surface area (Å²) in [5.41, 5.74) is 6.45. The summed E-state index contributed by atoms with van der Waals surface area (Å²) >= 11 is 1.64. The normalized spacial score (nSPS) is 10.5. The molecule has 0 saturated heterocycles. The summed E-state index contributed by atoms with van der Waals surface area (Å²) in [6, 6.07) is 12.4. The number of benzene rings is 1. The van der Waals surface area contributed by atoms with Crippen LogP contribution in [-0.2, 0) is 0 Å². The van der Waals surface area contributed by atoms with E-state index in [1.165, 1.54) is 11.1 Å². The molecule has 0 N–H and O–H groups in total. The first-order valence-corrected chi connectivity index (χ1v) is 6.64. The molecular weight excluding hydrogens is 240 g/mol. The molecule has 1 aromatic carbocycles. The monoisotopic (exact) mass is 252 g/mol. The Kier molecular flexibility index (Phi) is 2.90. The molecule has 0 spiro atoms. The minimum Gasteiger partial charge on any atom is -0.256 e. The number of hydrogen-bond donors (Lipinski definition) is 0. The minimum absolute atomic E-state index is 1.03. The smallest absolute Gasteiger partial charge is 0.0797 e. The van der Waals surface area contributed by atoms with E-state index in [4.69, 9.17) is 0 Å². The molecule has 88 valence electrons. The van der Waals surface area contributed by atoms with Gasteiger partial charge in [-0.05, 0) is 24.6 Å². The van der Waals surface area contributed by atoms with E-state index in [9.17, 15) is 0 Å². The zero-order chi connectivity index (χ0) is 12.4. The average molecular weight is 252 g/mol. The van der Waals surface area contributed by atoms with Gasteiger partial charge in [0.2, 0.25) is 0 Å². The zero-order valence-corrected chi connectivity index (χ0v) is 10.8. The fourth-order valence-electron chi connectivity index (χ4n) is 2.01. The Labute approximate surface area is 110 Å². The van der Waals surface area contributed by atoms with Gasteiger partial charge >= 0.3 is 0 Å². The first-order chi connectivity index (χ1) is 8.86. The molecule has 0 radical (unpaired) electrons. The summed E-state index contributed by atoms with van der Waals surface area (Å²) in [6.45, 7) is 2.11. The standard InChI is InChI=1S/C15H12N2S/c1-11-5-2-3-6-12(11)15-13(7-4-8-17-15)14-9-16-10-18-14/h2-10H,1H3. The average Bonchev–Trinajstić information content (AvgIpc) is 2.93. The molecular formula is C15H12N2S. The van der Waals surface area contributed by atoms with Crippen LogP contribution in [0.2, 0.25) is 0 Å². The summed E-state index contributed by atoms with van der Waals surface area (Å²) in [6.07, 6.45) is 3.73. The van der Waals surface area contributed by atoms with Crippen molar-refractivity contribution in [3.63, 3.8) is 0 Å². The van der Waals surface area contributed by atoms with E-state index in [-0.39, 0.29) is 0 Å². The highest BCUT2D eigenvalue weighted by Gasteiger charge is 2.10. The van der Waals surface area contributed by atoms with Crippen molar-refractivity contribution in [3.05, 3.63) is 59.9 Å². The summed E-state index contributed by atoms with van der Waals surface area (Å²) in [4.78, 5) is 9.85. The predicted molar refractivity (Wildman–Crippen MR) is 75.5 cm³/mol. The lowest BCUT2D eigenvalue weighted by Gasteiger charge is -2.09. The van der Waals surface area contributed by atoms with Crippen molar-refractivity contribution in [3.8, 4) is 21.7 Å². The zero-order valence-electron chi connectivity index (χ0n) is 10.00. The van der Waals surface area contributed by atoms with E-state index < -0.39 is 0 Å². The topological polar surface area (TPSA) is 25.8 Å². The molecule has 3 heteroatoms. The van der Waals surface area contributed by atoms with Crippen LogP contribution in [-0.4, -0.2) is 9.97 Å². The quantitative estimate of drug-likeness (QED) is 0.683. The van der Waals surface area contributed by atoms with E-state index in [0.29, 0.717) is 0 Å². The lowest BCUT2D eigenvalue weighted by atomic mass is 10.0. The molecule has 0 aliphatic rings. The van der Waals surface area contributed by atoms with Gasteiger partial charge < -0.3 is 0 Å². The maximum atomic E-state index is 4.54. The van der Waals surface area contributed by atoms with Crippen molar-refractivity contribution < 1.29 is 0 Å². The third kappa shape index (κ3) is 1.93. The van der Waals surface area contributed by atoms with Gasteiger partial charge in [-0.25, -0.2) is 0 Å². The number of rotatable bonds is 2. The molecule has 0 atom stereocenters. The predicted octanol–water partition coefficient (Wildman–Crippen LogP) is 4.18. The van der Waals surface area contributed by atoms with Gasteiger partial charge in [0.1, 0.15) is 0 Å². The minimum atomic E-state index is 1.03. The Morgan fingerprint density at radius 3 is 2.61 bits per heavy atom. The highest BCUT2D eigenvalue weighted by atomic mass is 32.1. The van der Waals surface area contributed by atoms with Gasteiger partial charge in [0.25, 0.3) is 0 Å². The summed E-state index contributed by atoms with van der Waals surface area (Å²) in [7, 11) is 0. The number of aromatic nitrogens is 2.